The van der Waals surface area contributed by atoms with Gasteiger partial charge in [0.15, 0.2) is 0 Å². The Hall–Kier alpha value is -2.93. The number of aromatic nitrogens is 1. The number of nitrogens with one attached hydrogen (secondary N) is 1. The standard InChI is InChI=1S/C26H30N4O2/c31-25(27-23-10-8-21(9-11-23)19-28-15-17-32-18-16-28)20-30-14-13-29-12-4-7-24(29)26(30)22-5-2-1-3-6-22/h1-12,26H,13-20H2,(H,27,31). The van der Waals surface area contributed by atoms with Gasteiger partial charge in [0.25, 0.3) is 0 Å². The molecule has 1 fully saturated rings. The van der Waals surface area contributed by atoms with Crippen LogP contribution in [-0.4, -0.2) is 59.7 Å². The maximum Gasteiger partial charge on any atom is 0.238 e. The molecule has 1 unspecified atom stereocenters. The third-order valence-electron chi connectivity index (χ3n) is 6.35. The van der Waals surface area contributed by atoms with Crippen LogP contribution in [-0.2, 0) is 22.6 Å². The number of benzene rings is 2. The Bertz CT molecular complexity index is 1030. The molecule has 1 atom stereocenters. The summed E-state index contributed by atoms with van der Waals surface area (Å²) in [6.45, 7) is 6.58. The number of hydrogen-bond acceptors (Lipinski definition) is 4. The van der Waals surface area contributed by atoms with Crippen LogP contribution in [0.4, 0.5) is 5.69 Å². The van der Waals surface area contributed by atoms with Gasteiger partial charge in [0, 0.05) is 50.3 Å². The first-order valence-electron chi connectivity index (χ1n) is 11.4. The Morgan fingerprint density at radius 3 is 2.47 bits per heavy atom. The van der Waals surface area contributed by atoms with E-state index in [1.165, 1.54) is 16.8 Å². The number of anilines is 1. The van der Waals surface area contributed by atoms with Crippen molar-refractivity contribution in [2.45, 2.75) is 19.1 Å². The zero-order valence-corrected chi connectivity index (χ0v) is 18.3. The molecule has 1 aromatic heterocycles. The summed E-state index contributed by atoms with van der Waals surface area (Å²) in [5.41, 5.74) is 4.55. The highest BCUT2D eigenvalue weighted by molar-refractivity contribution is 5.92. The molecule has 32 heavy (non-hydrogen) atoms. The van der Waals surface area contributed by atoms with Crippen molar-refractivity contribution in [1.29, 1.82) is 0 Å². The molecule has 0 saturated carbocycles. The summed E-state index contributed by atoms with van der Waals surface area (Å²) in [4.78, 5) is 17.6. The monoisotopic (exact) mass is 430 g/mol. The summed E-state index contributed by atoms with van der Waals surface area (Å²) >= 11 is 0. The van der Waals surface area contributed by atoms with Crippen molar-refractivity contribution in [3.05, 3.63) is 89.7 Å². The molecule has 0 bridgehead atoms. The number of morpholine rings is 1. The van der Waals surface area contributed by atoms with Crippen molar-refractivity contribution >= 4 is 11.6 Å². The van der Waals surface area contributed by atoms with Gasteiger partial charge in [-0.05, 0) is 35.4 Å². The van der Waals surface area contributed by atoms with Crippen molar-refractivity contribution in [1.82, 2.24) is 14.4 Å². The first-order chi connectivity index (χ1) is 15.8. The summed E-state index contributed by atoms with van der Waals surface area (Å²) in [5.74, 6) is 0.0202. The Morgan fingerprint density at radius 1 is 0.906 bits per heavy atom. The highest BCUT2D eigenvalue weighted by atomic mass is 16.5. The summed E-state index contributed by atoms with van der Waals surface area (Å²) < 4.78 is 7.71. The third-order valence-corrected chi connectivity index (χ3v) is 6.35. The van der Waals surface area contributed by atoms with Crippen molar-refractivity contribution < 1.29 is 9.53 Å². The molecule has 6 heteroatoms. The highest BCUT2D eigenvalue weighted by Gasteiger charge is 2.29. The average Bonchev–Trinajstić information content (AvgIpc) is 3.30. The molecule has 1 amide bonds. The number of rotatable bonds is 6. The van der Waals surface area contributed by atoms with E-state index in [1.807, 2.05) is 18.2 Å². The molecule has 166 valence electrons. The molecule has 6 nitrogen and oxygen atoms in total. The van der Waals surface area contributed by atoms with Gasteiger partial charge in [0.05, 0.1) is 25.8 Å². The number of fused-ring (bicyclic) bond motifs is 1. The maximum atomic E-state index is 12.9. The number of nitrogens with zero attached hydrogens (tertiary/aromatic N) is 3. The van der Waals surface area contributed by atoms with E-state index in [9.17, 15) is 4.79 Å². The van der Waals surface area contributed by atoms with Crippen LogP contribution in [0.5, 0.6) is 0 Å². The van der Waals surface area contributed by atoms with E-state index in [2.05, 4.69) is 74.4 Å². The third kappa shape index (κ3) is 4.78. The minimum atomic E-state index is 0.0202. The van der Waals surface area contributed by atoms with E-state index in [0.29, 0.717) is 6.54 Å². The van der Waals surface area contributed by atoms with Crippen LogP contribution in [0.15, 0.2) is 72.9 Å². The molecule has 1 saturated heterocycles. The van der Waals surface area contributed by atoms with Gasteiger partial charge < -0.3 is 14.6 Å². The Balaban J connectivity index is 1.23. The van der Waals surface area contributed by atoms with E-state index in [1.54, 1.807) is 0 Å². The van der Waals surface area contributed by atoms with Gasteiger partial charge in [-0.25, -0.2) is 0 Å². The molecule has 2 aliphatic heterocycles. The molecular weight excluding hydrogens is 400 g/mol. The van der Waals surface area contributed by atoms with Crippen molar-refractivity contribution in [2.75, 3.05) is 44.7 Å². The minimum absolute atomic E-state index is 0.0202. The second kappa shape index (κ2) is 9.69. The predicted molar refractivity (Wildman–Crippen MR) is 125 cm³/mol. The van der Waals surface area contributed by atoms with Gasteiger partial charge in [-0.1, -0.05) is 42.5 Å². The molecule has 5 rings (SSSR count). The lowest BCUT2D eigenvalue weighted by Gasteiger charge is -2.36. The molecule has 2 aromatic carbocycles. The van der Waals surface area contributed by atoms with Crippen molar-refractivity contribution in [3.8, 4) is 0 Å². The van der Waals surface area contributed by atoms with E-state index in [4.69, 9.17) is 4.74 Å². The normalized spacial score (nSPS) is 19.4. The molecule has 1 N–H and O–H groups in total. The molecule has 0 spiro atoms. The van der Waals surface area contributed by atoms with E-state index in [0.717, 1.165) is 51.6 Å². The zero-order valence-electron chi connectivity index (χ0n) is 18.3. The van der Waals surface area contributed by atoms with E-state index < -0.39 is 0 Å². The summed E-state index contributed by atoms with van der Waals surface area (Å²) in [7, 11) is 0. The van der Waals surface area contributed by atoms with Crippen LogP contribution in [0.25, 0.3) is 0 Å². The fraction of sp³-hybridized carbons (Fsp3) is 0.346. The highest BCUT2D eigenvalue weighted by Crippen LogP contribution is 2.32. The van der Waals surface area contributed by atoms with Crippen LogP contribution >= 0.6 is 0 Å². The van der Waals surface area contributed by atoms with Crippen LogP contribution in [0, 0.1) is 0 Å². The number of hydrogen-bond donors (Lipinski definition) is 1. The van der Waals surface area contributed by atoms with Crippen LogP contribution in [0.3, 0.4) is 0 Å². The van der Waals surface area contributed by atoms with Gasteiger partial charge in [0.2, 0.25) is 5.91 Å². The largest absolute Gasteiger partial charge is 0.379 e. The maximum absolute atomic E-state index is 12.9. The number of ether oxygens (including phenoxy) is 1. The van der Waals surface area contributed by atoms with Gasteiger partial charge in [-0.2, -0.15) is 0 Å². The fourth-order valence-corrected chi connectivity index (χ4v) is 4.71. The lowest BCUT2D eigenvalue weighted by atomic mass is 10.00. The number of amides is 1. The smallest absolute Gasteiger partial charge is 0.238 e. The second-order valence-electron chi connectivity index (χ2n) is 8.54. The molecule has 3 aromatic rings. The lowest BCUT2D eigenvalue weighted by molar-refractivity contribution is -0.117. The lowest BCUT2D eigenvalue weighted by Crippen LogP contribution is -2.42. The van der Waals surface area contributed by atoms with E-state index >= 15 is 0 Å². The number of carbonyl (C=O) groups excluding carboxylic acids is 1. The summed E-state index contributed by atoms with van der Waals surface area (Å²) in [5, 5.41) is 3.09. The summed E-state index contributed by atoms with van der Waals surface area (Å²) in [6.07, 6.45) is 2.13. The Kier molecular flexibility index (Phi) is 6.34. The topological polar surface area (TPSA) is 49.7 Å². The minimum Gasteiger partial charge on any atom is -0.379 e. The Labute approximate surface area is 189 Å². The van der Waals surface area contributed by atoms with Crippen molar-refractivity contribution in [3.63, 3.8) is 0 Å². The number of carbonyl (C=O) groups is 1. The van der Waals surface area contributed by atoms with Crippen LogP contribution < -0.4 is 5.32 Å². The van der Waals surface area contributed by atoms with Gasteiger partial charge >= 0.3 is 0 Å². The fourth-order valence-electron chi connectivity index (χ4n) is 4.71. The van der Waals surface area contributed by atoms with Gasteiger partial charge in [-0.3, -0.25) is 14.6 Å². The van der Waals surface area contributed by atoms with E-state index in [-0.39, 0.29) is 11.9 Å². The van der Waals surface area contributed by atoms with Crippen molar-refractivity contribution in [2.24, 2.45) is 0 Å². The van der Waals surface area contributed by atoms with Crippen LogP contribution in [0.1, 0.15) is 22.9 Å². The van der Waals surface area contributed by atoms with Gasteiger partial charge in [-0.15, -0.1) is 0 Å². The first-order valence-corrected chi connectivity index (χ1v) is 11.4. The van der Waals surface area contributed by atoms with Crippen LogP contribution in [0.2, 0.25) is 0 Å². The molecular formula is C26H30N4O2. The molecule has 3 heterocycles. The quantitative estimate of drug-likeness (QED) is 0.652. The predicted octanol–water partition coefficient (Wildman–Crippen LogP) is 3.36. The molecule has 0 aliphatic carbocycles. The molecule has 0 radical (unpaired) electrons. The first kappa shape index (κ1) is 20.9. The SMILES string of the molecule is O=C(CN1CCn2cccc2C1c1ccccc1)Nc1ccc(CN2CCOCC2)cc1. The Morgan fingerprint density at radius 2 is 1.69 bits per heavy atom. The second-order valence-corrected chi connectivity index (χ2v) is 8.54. The van der Waals surface area contributed by atoms with Gasteiger partial charge in [0.1, 0.15) is 0 Å². The summed E-state index contributed by atoms with van der Waals surface area (Å²) in [6, 6.07) is 23.0. The zero-order chi connectivity index (χ0) is 21.8. The molecule has 2 aliphatic rings. The average molecular weight is 431 g/mol.